The van der Waals surface area contributed by atoms with Crippen LogP contribution in [0.15, 0.2) is 64.0 Å². The molecule has 0 radical (unpaired) electrons. The van der Waals surface area contributed by atoms with Gasteiger partial charge in [-0.2, -0.15) is 0 Å². The summed E-state index contributed by atoms with van der Waals surface area (Å²) in [4.78, 5) is 28.9. The van der Waals surface area contributed by atoms with Crippen LogP contribution in [0.5, 0.6) is 5.75 Å². The van der Waals surface area contributed by atoms with Crippen molar-refractivity contribution in [1.29, 1.82) is 0 Å². The first-order valence-corrected chi connectivity index (χ1v) is 8.97. The fraction of sp³-hybridized carbons (Fsp3) is 0.0476. The van der Waals surface area contributed by atoms with E-state index in [-0.39, 0.29) is 5.56 Å². The van der Waals surface area contributed by atoms with Gasteiger partial charge >= 0.3 is 0 Å². The molecule has 0 atom stereocenters. The highest BCUT2D eigenvalue weighted by Gasteiger charge is 2.18. The van der Waals surface area contributed by atoms with E-state index < -0.39 is 27.0 Å². The summed E-state index contributed by atoms with van der Waals surface area (Å²) in [6.07, 6.45) is 1.07. The van der Waals surface area contributed by atoms with Crippen LogP contribution < -0.4 is 5.11 Å². The van der Waals surface area contributed by atoms with Gasteiger partial charge < -0.3 is 9.52 Å². The highest BCUT2D eigenvalue weighted by molar-refractivity contribution is 5.88. The van der Waals surface area contributed by atoms with Crippen LogP contribution in [0.3, 0.4) is 0 Å². The number of rotatable bonds is 5. The van der Waals surface area contributed by atoms with Gasteiger partial charge in [0, 0.05) is 17.8 Å². The number of nitrogens with zero attached hydrogens (tertiary/aromatic N) is 4. The zero-order valence-corrected chi connectivity index (χ0v) is 16.0. The summed E-state index contributed by atoms with van der Waals surface area (Å²) >= 11 is 0. The number of non-ortho nitro benzene ring substituents is 1. The predicted molar refractivity (Wildman–Crippen MR) is 111 cm³/mol. The molecule has 0 bridgehead atoms. The molecule has 10 heteroatoms. The number of aliphatic imine (C=N–C) groups is 1. The van der Waals surface area contributed by atoms with Crippen molar-refractivity contribution < 1.29 is 19.4 Å². The van der Waals surface area contributed by atoms with Crippen LogP contribution in [0.1, 0.15) is 11.1 Å². The number of aryl methyl sites for hydroxylation is 1. The van der Waals surface area contributed by atoms with E-state index in [2.05, 4.69) is 9.98 Å². The number of nitro benzene ring substituents is 2. The summed E-state index contributed by atoms with van der Waals surface area (Å²) in [7, 11) is 0. The molecule has 0 saturated heterocycles. The summed E-state index contributed by atoms with van der Waals surface area (Å²) in [5, 5.41) is 34.3. The van der Waals surface area contributed by atoms with Gasteiger partial charge in [-0.25, -0.2) is 4.98 Å². The van der Waals surface area contributed by atoms with E-state index in [9.17, 15) is 25.3 Å². The van der Waals surface area contributed by atoms with Gasteiger partial charge in [0.15, 0.2) is 5.58 Å². The van der Waals surface area contributed by atoms with Gasteiger partial charge in [0.1, 0.15) is 5.52 Å². The average Bonchev–Trinajstić information content (AvgIpc) is 3.16. The second-order valence-corrected chi connectivity index (χ2v) is 6.70. The second-order valence-electron chi connectivity index (χ2n) is 6.70. The highest BCUT2D eigenvalue weighted by atomic mass is 16.6. The number of benzene rings is 3. The van der Waals surface area contributed by atoms with E-state index in [1.165, 1.54) is 0 Å². The third-order valence-corrected chi connectivity index (χ3v) is 4.48. The van der Waals surface area contributed by atoms with E-state index in [4.69, 9.17) is 4.42 Å². The lowest BCUT2D eigenvalue weighted by atomic mass is 10.1. The van der Waals surface area contributed by atoms with Gasteiger partial charge in [0.05, 0.1) is 21.6 Å². The molecule has 0 N–H and O–H groups in total. The molecule has 0 aliphatic heterocycles. The van der Waals surface area contributed by atoms with Crippen molar-refractivity contribution in [2.75, 3.05) is 0 Å². The molecule has 1 aromatic heterocycles. The van der Waals surface area contributed by atoms with Gasteiger partial charge in [0.2, 0.25) is 5.89 Å². The van der Waals surface area contributed by atoms with Crippen LogP contribution >= 0.6 is 0 Å². The normalized spacial score (nSPS) is 11.3. The minimum atomic E-state index is -0.956. The molecule has 4 aromatic rings. The Morgan fingerprint density at radius 1 is 1.03 bits per heavy atom. The van der Waals surface area contributed by atoms with Crippen molar-refractivity contribution in [3.05, 3.63) is 86.0 Å². The first-order chi connectivity index (χ1) is 14.8. The van der Waals surface area contributed by atoms with Gasteiger partial charge in [-0.3, -0.25) is 25.2 Å². The molecule has 1 heterocycles. The Balaban J connectivity index is 1.70. The van der Waals surface area contributed by atoms with Crippen molar-refractivity contribution in [2.24, 2.45) is 4.99 Å². The minimum Gasteiger partial charge on any atom is -0.867 e. The van der Waals surface area contributed by atoms with E-state index in [0.29, 0.717) is 34.3 Å². The van der Waals surface area contributed by atoms with Crippen LogP contribution in [-0.2, 0) is 0 Å². The Morgan fingerprint density at radius 2 is 1.84 bits per heavy atom. The minimum absolute atomic E-state index is 0.261. The lowest BCUT2D eigenvalue weighted by Gasteiger charge is -2.10. The lowest BCUT2D eigenvalue weighted by Crippen LogP contribution is -2.03. The maximum atomic E-state index is 12.2. The van der Waals surface area contributed by atoms with Crippen molar-refractivity contribution in [1.82, 2.24) is 4.98 Å². The summed E-state index contributed by atoms with van der Waals surface area (Å²) in [5.74, 6) is -0.571. The molecule has 0 fully saturated rings. The molecule has 0 saturated carbocycles. The number of oxazole rings is 1. The second kappa shape index (κ2) is 7.67. The molecule has 0 aliphatic carbocycles. The molecule has 0 spiro atoms. The van der Waals surface area contributed by atoms with Crippen LogP contribution in [-0.4, -0.2) is 21.0 Å². The molecule has 0 unspecified atom stereocenters. The van der Waals surface area contributed by atoms with Crippen LogP contribution in [0.25, 0.3) is 22.6 Å². The van der Waals surface area contributed by atoms with Crippen LogP contribution in [0, 0.1) is 27.2 Å². The number of fused-ring (bicyclic) bond motifs is 1. The molecule has 3 aromatic carbocycles. The van der Waals surface area contributed by atoms with E-state index >= 15 is 0 Å². The predicted octanol–water partition coefficient (Wildman–Crippen LogP) is 4.44. The van der Waals surface area contributed by atoms with E-state index in [1.54, 1.807) is 24.3 Å². The molecule has 4 rings (SSSR count). The van der Waals surface area contributed by atoms with Crippen LogP contribution in [0.2, 0.25) is 0 Å². The van der Waals surface area contributed by atoms with E-state index in [0.717, 1.165) is 17.8 Å². The largest absolute Gasteiger partial charge is 0.867 e. The third-order valence-electron chi connectivity index (χ3n) is 4.48. The Kier molecular flexibility index (Phi) is 4.88. The molecule has 0 aliphatic rings. The molecule has 154 valence electrons. The molecule has 31 heavy (non-hydrogen) atoms. The maximum absolute atomic E-state index is 12.2. The molecular formula is C21H13N4O6-. The molecule has 0 amide bonds. The highest BCUT2D eigenvalue weighted by Crippen LogP contribution is 2.32. The topological polar surface area (TPSA) is 148 Å². The molecular weight excluding hydrogens is 404 g/mol. The Morgan fingerprint density at radius 3 is 2.58 bits per heavy atom. The third kappa shape index (κ3) is 3.94. The van der Waals surface area contributed by atoms with Crippen molar-refractivity contribution in [2.45, 2.75) is 6.92 Å². The maximum Gasteiger partial charge on any atom is 0.276 e. The monoisotopic (exact) mass is 417 g/mol. The van der Waals surface area contributed by atoms with Crippen molar-refractivity contribution >= 4 is 34.4 Å². The first kappa shape index (κ1) is 19.7. The molecule has 10 nitrogen and oxygen atoms in total. The number of nitro groups is 2. The average molecular weight is 417 g/mol. The van der Waals surface area contributed by atoms with Gasteiger partial charge in [-0.1, -0.05) is 12.1 Å². The summed E-state index contributed by atoms with van der Waals surface area (Å²) in [5.41, 5.74) is 1.72. The number of hydrogen-bond donors (Lipinski definition) is 0. The van der Waals surface area contributed by atoms with E-state index in [1.807, 2.05) is 25.1 Å². The number of hydrogen-bond acceptors (Lipinski definition) is 8. The van der Waals surface area contributed by atoms with Crippen molar-refractivity contribution in [3.63, 3.8) is 0 Å². The first-order valence-electron chi connectivity index (χ1n) is 8.97. The quantitative estimate of drug-likeness (QED) is 0.265. The van der Waals surface area contributed by atoms with Crippen molar-refractivity contribution in [3.8, 4) is 17.2 Å². The van der Waals surface area contributed by atoms with Gasteiger partial charge in [0.25, 0.3) is 11.4 Å². The summed E-state index contributed by atoms with van der Waals surface area (Å²) in [6, 6.07) is 14.0. The Hall–Kier alpha value is -4.60. The van der Waals surface area contributed by atoms with Gasteiger partial charge in [-0.15, -0.1) is 0 Å². The Labute approximate surface area is 174 Å². The number of aromatic nitrogens is 1. The fourth-order valence-corrected chi connectivity index (χ4v) is 2.98. The zero-order valence-electron chi connectivity index (χ0n) is 16.0. The summed E-state index contributed by atoms with van der Waals surface area (Å²) < 4.78 is 5.77. The Bertz CT molecular complexity index is 1380. The lowest BCUT2D eigenvalue weighted by molar-refractivity contribution is -0.403. The zero-order chi connectivity index (χ0) is 22.1. The SMILES string of the molecule is Cc1ccc2oc(-c3cccc(N=Cc4cc([N+](=O)[O-])cc([N+](=O)[O-])c4[O-])c3)nc2c1. The smallest absolute Gasteiger partial charge is 0.276 e. The summed E-state index contributed by atoms with van der Waals surface area (Å²) in [6.45, 7) is 1.95. The standard InChI is InChI=1S/C21H14N4O6/c1-12-5-6-19-17(7-12)23-21(31-19)13-3-2-4-15(8-13)22-11-14-9-16(24(27)28)10-18(20(14)26)25(29)30/h2-11,26H,1H3/p-1. The van der Waals surface area contributed by atoms with Gasteiger partial charge in [-0.05, 0) is 54.1 Å². The van der Waals surface area contributed by atoms with Crippen LogP contribution in [0.4, 0.5) is 17.1 Å². The fourth-order valence-electron chi connectivity index (χ4n) is 2.98.